The second-order valence-corrected chi connectivity index (χ2v) is 5.74. The van der Waals surface area contributed by atoms with Crippen LogP contribution in [-0.4, -0.2) is 17.1 Å². The van der Waals surface area contributed by atoms with Gasteiger partial charge < -0.3 is 10.6 Å². The van der Waals surface area contributed by atoms with Crippen molar-refractivity contribution in [1.82, 2.24) is 0 Å². The Bertz CT molecular complexity index is 461. The summed E-state index contributed by atoms with van der Waals surface area (Å²) in [4.78, 5) is 2.81. The van der Waals surface area contributed by atoms with Crippen molar-refractivity contribution in [1.29, 1.82) is 0 Å². The van der Waals surface area contributed by atoms with Gasteiger partial charge in [0.1, 0.15) is 4.99 Å². The molecule has 2 atom stereocenters. The van der Waals surface area contributed by atoms with Gasteiger partial charge in [-0.25, -0.2) is 0 Å². The lowest BCUT2D eigenvalue weighted by Gasteiger charge is -2.32. The largest absolute Gasteiger partial charge is 0.389 e. The highest BCUT2D eigenvalue weighted by atomic mass is 35.5. The van der Waals surface area contributed by atoms with Crippen LogP contribution in [0, 0.1) is 0 Å². The molecular formula is C14H19ClN2S. The fourth-order valence-corrected chi connectivity index (χ4v) is 3.42. The molecule has 98 valence electrons. The fraction of sp³-hybridized carbons (Fsp3) is 0.500. The third-order valence-electron chi connectivity index (χ3n) is 3.77. The highest BCUT2D eigenvalue weighted by Gasteiger charge is 2.31. The Kier molecular flexibility index (Phi) is 4.13. The summed E-state index contributed by atoms with van der Waals surface area (Å²) in [7, 11) is 0. The molecule has 18 heavy (non-hydrogen) atoms. The van der Waals surface area contributed by atoms with E-state index in [2.05, 4.69) is 24.8 Å². The van der Waals surface area contributed by atoms with E-state index in [1.807, 2.05) is 12.1 Å². The first-order chi connectivity index (χ1) is 8.56. The molecule has 0 aromatic heterocycles. The number of rotatable bonds is 3. The Morgan fingerprint density at radius 2 is 2.22 bits per heavy atom. The van der Waals surface area contributed by atoms with Gasteiger partial charge in [0.05, 0.1) is 10.6 Å². The van der Waals surface area contributed by atoms with E-state index in [4.69, 9.17) is 29.6 Å². The molecule has 4 heteroatoms. The Morgan fingerprint density at radius 1 is 1.50 bits per heavy atom. The van der Waals surface area contributed by atoms with Crippen LogP contribution in [0.25, 0.3) is 0 Å². The molecule has 0 aliphatic carbocycles. The Hall–Kier alpha value is -0.800. The zero-order chi connectivity index (χ0) is 13.3. The number of hydrogen-bond donors (Lipinski definition) is 1. The molecule has 1 saturated heterocycles. The summed E-state index contributed by atoms with van der Waals surface area (Å²) in [6, 6.07) is 6.97. The minimum Gasteiger partial charge on any atom is -0.389 e. The number of benzene rings is 1. The minimum atomic E-state index is 0.379. The van der Waals surface area contributed by atoms with Gasteiger partial charge in [-0.15, -0.1) is 0 Å². The third kappa shape index (κ3) is 2.34. The van der Waals surface area contributed by atoms with Crippen molar-refractivity contribution in [3.63, 3.8) is 0 Å². The predicted octanol–water partition coefficient (Wildman–Crippen LogP) is 3.74. The van der Waals surface area contributed by atoms with Crippen molar-refractivity contribution >= 4 is 34.5 Å². The van der Waals surface area contributed by atoms with Crippen LogP contribution in [-0.2, 0) is 0 Å². The van der Waals surface area contributed by atoms with Crippen LogP contribution in [0.4, 0.5) is 5.69 Å². The fourth-order valence-electron chi connectivity index (χ4n) is 2.88. The first-order valence-corrected chi connectivity index (χ1v) is 7.21. The van der Waals surface area contributed by atoms with Gasteiger partial charge in [-0.3, -0.25) is 0 Å². The number of nitrogens with two attached hydrogens (primary N) is 1. The van der Waals surface area contributed by atoms with E-state index in [9.17, 15) is 0 Å². The Morgan fingerprint density at radius 3 is 2.83 bits per heavy atom. The Balaban J connectivity index is 2.50. The van der Waals surface area contributed by atoms with Crippen LogP contribution < -0.4 is 10.6 Å². The summed E-state index contributed by atoms with van der Waals surface area (Å²) in [5.41, 5.74) is 7.75. The molecule has 1 aliphatic heterocycles. The smallest absolute Gasteiger partial charge is 0.107 e. The van der Waals surface area contributed by atoms with Gasteiger partial charge in [0.2, 0.25) is 0 Å². The molecule has 0 spiro atoms. The maximum Gasteiger partial charge on any atom is 0.107 e. The van der Waals surface area contributed by atoms with Gasteiger partial charge in [-0.2, -0.15) is 0 Å². The van der Waals surface area contributed by atoms with Gasteiger partial charge >= 0.3 is 0 Å². The summed E-state index contributed by atoms with van der Waals surface area (Å²) in [5, 5.41) is 0.647. The summed E-state index contributed by atoms with van der Waals surface area (Å²) in [6.45, 7) is 4.47. The van der Waals surface area contributed by atoms with E-state index in [1.165, 1.54) is 12.8 Å². The Labute approximate surface area is 119 Å². The minimum absolute atomic E-state index is 0.379. The summed E-state index contributed by atoms with van der Waals surface area (Å²) < 4.78 is 0. The van der Waals surface area contributed by atoms with Crippen LogP contribution in [0.1, 0.15) is 38.7 Å². The van der Waals surface area contributed by atoms with Crippen LogP contribution >= 0.6 is 23.8 Å². The predicted molar refractivity (Wildman–Crippen MR) is 82.6 cm³/mol. The molecule has 2 N–H and O–H groups in total. The van der Waals surface area contributed by atoms with Crippen molar-refractivity contribution in [2.45, 2.75) is 45.2 Å². The lowest BCUT2D eigenvalue weighted by atomic mass is 10.1. The lowest BCUT2D eigenvalue weighted by molar-refractivity contribution is 0.628. The summed E-state index contributed by atoms with van der Waals surface area (Å²) in [6.07, 6.45) is 3.57. The molecule has 0 radical (unpaired) electrons. The molecule has 0 amide bonds. The van der Waals surface area contributed by atoms with Crippen molar-refractivity contribution in [3.8, 4) is 0 Å². The van der Waals surface area contributed by atoms with E-state index in [1.54, 1.807) is 0 Å². The van der Waals surface area contributed by atoms with E-state index >= 15 is 0 Å². The van der Waals surface area contributed by atoms with Crippen LogP contribution in [0.2, 0.25) is 5.02 Å². The van der Waals surface area contributed by atoms with Gasteiger partial charge in [0, 0.05) is 17.8 Å². The average Bonchev–Trinajstić information content (AvgIpc) is 2.69. The quantitative estimate of drug-likeness (QED) is 0.857. The highest BCUT2D eigenvalue weighted by molar-refractivity contribution is 7.80. The zero-order valence-electron chi connectivity index (χ0n) is 10.8. The van der Waals surface area contributed by atoms with E-state index in [0.717, 1.165) is 17.7 Å². The normalized spacial score (nSPS) is 23.4. The van der Waals surface area contributed by atoms with E-state index in [0.29, 0.717) is 22.1 Å². The highest BCUT2D eigenvalue weighted by Crippen LogP contribution is 2.36. The first-order valence-electron chi connectivity index (χ1n) is 6.43. The molecule has 2 rings (SSSR count). The van der Waals surface area contributed by atoms with Crippen molar-refractivity contribution in [3.05, 3.63) is 28.8 Å². The van der Waals surface area contributed by atoms with Crippen LogP contribution in [0.15, 0.2) is 18.2 Å². The standard InChI is InChI=1S/C14H19ClN2S/c1-3-10-8-7-9(2)17(10)12-6-4-5-11(15)13(12)14(16)18/h4-6,9-10H,3,7-8H2,1-2H3,(H2,16,18). The molecule has 1 heterocycles. The second-order valence-electron chi connectivity index (χ2n) is 4.89. The average molecular weight is 283 g/mol. The molecule has 1 aromatic rings. The SMILES string of the molecule is CCC1CCC(C)N1c1cccc(Cl)c1C(N)=S. The van der Waals surface area contributed by atoms with Gasteiger partial charge in [-0.05, 0) is 38.3 Å². The number of anilines is 1. The first kappa shape index (κ1) is 13.6. The summed E-state index contributed by atoms with van der Waals surface area (Å²) in [5.74, 6) is 0. The summed E-state index contributed by atoms with van der Waals surface area (Å²) >= 11 is 11.4. The lowest BCUT2D eigenvalue weighted by Crippen LogP contribution is -2.35. The van der Waals surface area contributed by atoms with E-state index < -0.39 is 0 Å². The van der Waals surface area contributed by atoms with Crippen molar-refractivity contribution in [2.24, 2.45) is 5.73 Å². The third-order valence-corrected chi connectivity index (χ3v) is 4.29. The maximum absolute atomic E-state index is 6.25. The van der Waals surface area contributed by atoms with Crippen LogP contribution in [0.5, 0.6) is 0 Å². The van der Waals surface area contributed by atoms with Gasteiger partial charge in [-0.1, -0.05) is 36.8 Å². The zero-order valence-corrected chi connectivity index (χ0v) is 12.4. The topological polar surface area (TPSA) is 29.3 Å². The molecule has 0 bridgehead atoms. The number of hydrogen-bond acceptors (Lipinski definition) is 2. The molecule has 1 aromatic carbocycles. The van der Waals surface area contributed by atoms with Gasteiger partial charge in [0.25, 0.3) is 0 Å². The van der Waals surface area contributed by atoms with Crippen molar-refractivity contribution < 1.29 is 0 Å². The van der Waals surface area contributed by atoms with Crippen molar-refractivity contribution in [2.75, 3.05) is 4.90 Å². The molecule has 1 fully saturated rings. The van der Waals surface area contributed by atoms with E-state index in [-0.39, 0.29) is 0 Å². The molecular weight excluding hydrogens is 264 g/mol. The maximum atomic E-state index is 6.25. The number of thiocarbonyl (C=S) groups is 1. The molecule has 0 saturated carbocycles. The molecule has 2 unspecified atom stereocenters. The monoisotopic (exact) mass is 282 g/mol. The molecule has 2 nitrogen and oxygen atoms in total. The number of halogens is 1. The second kappa shape index (κ2) is 5.45. The molecule has 1 aliphatic rings. The van der Waals surface area contributed by atoms with Gasteiger partial charge in [0.15, 0.2) is 0 Å². The van der Waals surface area contributed by atoms with Crippen LogP contribution in [0.3, 0.4) is 0 Å². The number of nitrogens with zero attached hydrogens (tertiary/aromatic N) is 1.